The first kappa shape index (κ1) is 23.5. The van der Waals surface area contributed by atoms with Crippen molar-refractivity contribution in [1.82, 2.24) is 18.7 Å². The average Bonchev–Trinajstić information content (AvgIpc) is 3.22. The molecule has 10 heteroatoms. The van der Waals surface area contributed by atoms with E-state index in [0.29, 0.717) is 35.8 Å². The summed E-state index contributed by atoms with van der Waals surface area (Å²) < 4.78 is 4.33. The zero-order chi connectivity index (χ0) is 24.4. The van der Waals surface area contributed by atoms with Crippen LogP contribution in [0.15, 0.2) is 56.7 Å². The van der Waals surface area contributed by atoms with E-state index in [1.54, 1.807) is 31.3 Å². The number of fused-ring (bicyclic) bond motifs is 1. The summed E-state index contributed by atoms with van der Waals surface area (Å²) in [7, 11) is 1.60. The molecule has 0 aliphatic carbocycles. The number of hydrogen-bond acceptors (Lipinski definition) is 7. The van der Waals surface area contributed by atoms with E-state index in [0.717, 1.165) is 29.5 Å². The van der Waals surface area contributed by atoms with Crippen LogP contribution < -0.4 is 21.9 Å². The third-order valence-electron chi connectivity index (χ3n) is 6.17. The molecule has 2 aromatic heterocycles. The Morgan fingerprint density at radius 3 is 2.62 bits per heavy atom. The molecule has 3 N–H and O–H groups in total. The van der Waals surface area contributed by atoms with Crippen LogP contribution in [0.1, 0.15) is 32.3 Å². The van der Waals surface area contributed by atoms with Crippen molar-refractivity contribution in [1.29, 1.82) is 0 Å². The lowest BCUT2D eigenvalue weighted by Crippen LogP contribution is -2.44. The molecule has 3 aromatic rings. The average molecular weight is 466 g/mol. The highest BCUT2D eigenvalue weighted by atomic mass is 16.4. The summed E-state index contributed by atoms with van der Waals surface area (Å²) in [6.07, 6.45) is 3.90. The van der Waals surface area contributed by atoms with E-state index in [4.69, 9.17) is 10.7 Å². The van der Waals surface area contributed by atoms with Gasteiger partial charge in [-0.15, -0.1) is 0 Å². The second-order valence-electron chi connectivity index (χ2n) is 8.97. The number of aryl methyl sites for hydroxylation is 1. The molecule has 0 amide bonds. The summed E-state index contributed by atoms with van der Waals surface area (Å²) in [6.45, 7) is 5.67. The Balaban J connectivity index is 1.91. The van der Waals surface area contributed by atoms with Crippen molar-refractivity contribution >= 4 is 22.8 Å². The van der Waals surface area contributed by atoms with Crippen LogP contribution in [0.2, 0.25) is 0 Å². The summed E-state index contributed by atoms with van der Waals surface area (Å²) in [5.41, 5.74) is 7.82. The molecule has 1 aromatic carbocycles. The Bertz CT molecular complexity index is 1360. The van der Waals surface area contributed by atoms with Crippen molar-refractivity contribution in [3.05, 3.63) is 68.4 Å². The number of allylic oxidation sites excluding steroid dienone is 2. The predicted octanol–water partition coefficient (Wildman–Crippen LogP) is 1.67. The first-order valence-corrected chi connectivity index (χ1v) is 11.4. The van der Waals surface area contributed by atoms with Gasteiger partial charge in [-0.3, -0.25) is 13.9 Å². The minimum atomic E-state index is -0.525. The van der Waals surface area contributed by atoms with Crippen molar-refractivity contribution in [2.45, 2.75) is 45.8 Å². The van der Waals surface area contributed by atoms with Crippen LogP contribution in [0.4, 0.5) is 5.95 Å². The quantitative estimate of drug-likeness (QED) is 0.247. The molecule has 1 aliphatic heterocycles. The highest BCUT2D eigenvalue weighted by molar-refractivity contribution is 6.00. The van der Waals surface area contributed by atoms with E-state index in [1.807, 2.05) is 30.6 Å². The molecule has 34 heavy (non-hydrogen) atoms. The molecule has 1 aliphatic rings. The lowest BCUT2D eigenvalue weighted by Gasteiger charge is -2.31. The van der Waals surface area contributed by atoms with Crippen molar-refractivity contribution < 1.29 is 5.21 Å². The van der Waals surface area contributed by atoms with Crippen molar-refractivity contribution in [3.8, 4) is 0 Å². The van der Waals surface area contributed by atoms with Crippen molar-refractivity contribution in [2.75, 3.05) is 18.0 Å². The van der Waals surface area contributed by atoms with Crippen LogP contribution in [0.25, 0.3) is 11.2 Å². The Hall–Kier alpha value is -3.66. The maximum absolute atomic E-state index is 13.7. The normalized spacial score (nSPS) is 16.8. The Morgan fingerprint density at radius 2 is 1.97 bits per heavy atom. The first-order chi connectivity index (χ1) is 16.3. The van der Waals surface area contributed by atoms with Gasteiger partial charge in [-0.1, -0.05) is 47.1 Å². The fraction of sp³-hybridized carbons (Fsp3) is 0.417. The van der Waals surface area contributed by atoms with Gasteiger partial charge in [0, 0.05) is 38.3 Å². The summed E-state index contributed by atoms with van der Waals surface area (Å²) in [5.74, 6) is 0.631. The van der Waals surface area contributed by atoms with Gasteiger partial charge in [0.2, 0.25) is 5.95 Å². The molecule has 180 valence electrons. The van der Waals surface area contributed by atoms with Gasteiger partial charge in [0.15, 0.2) is 11.2 Å². The van der Waals surface area contributed by atoms with Gasteiger partial charge >= 0.3 is 5.69 Å². The number of rotatable bonds is 6. The molecule has 1 fully saturated rings. The van der Waals surface area contributed by atoms with Crippen molar-refractivity contribution in [2.24, 2.45) is 17.9 Å². The molecular formula is C24H31N7O3. The van der Waals surface area contributed by atoms with Crippen LogP contribution in [-0.2, 0) is 20.1 Å². The number of oxime groups is 1. The van der Waals surface area contributed by atoms with Gasteiger partial charge in [0.05, 0.1) is 6.54 Å². The number of nitrogens with zero attached hydrogens (tertiary/aromatic N) is 6. The zero-order valence-corrected chi connectivity index (χ0v) is 19.8. The SMILES string of the molecule is CC(C)=CCn1c(N2CCCC(N)C2)nc2c1c(=O)n(C/C(=N\O)c1ccccc1)c(=O)n2C. The van der Waals surface area contributed by atoms with Gasteiger partial charge in [-0.05, 0) is 26.7 Å². The van der Waals surface area contributed by atoms with Crippen LogP contribution in [0.5, 0.6) is 0 Å². The maximum atomic E-state index is 13.7. The Labute approximate surface area is 197 Å². The van der Waals surface area contributed by atoms with E-state index < -0.39 is 11.2 Å². The van der Waals surface area contributed by atoms with Crippen LogP contribution in [-0.4, -0.2) is 48.7 Å². The summed E-state index contributed by atoms with van der Waals surface area (Å²) >= 11 is 0. The molecule has 1 atom stereocenters. The van der Waals surface area contributed by atoms with E-state index >= 15 is 0 Å². The summed E-state index contributed by atoms with van der Waals surface area (Å²) in [5, 5.41) is 13.0. The number of anilines is 1. The molecule has 4 rings (SSSR count). The third kappa shape index (κ3) is 4.41. The molecule has 1 unspecified atom stereocenters. The van der Waals surface area contributed by atoms with Gasteiger partial charge in [-0.25, -0.2) is 4.79 Å². The van der Waals surface area contributed by atoms with Crippen molar-refractivity contribution in [3.63, 3.8) is 0 Å². The van der Waals surface area contributed by atoms with E-state index in [1.165, 1.54) is 4.57 Å². The molecule has 3 heterocycles. The van der Waals surface area contributed by atoms with Crippen LogP contribution >= 0.6 is 0 Å². The fourth-order valence-electron chi connectivity index (χ4n) is 4.34. The molecule has 0 saturated carbocycles. The highest BCUT2D eigenvalue weighted by Gasteiger charge is 2.26. The number of imidazole rings is 1. The molecule has 10 nitrogen and oxygen atoms in total. The fourth-order valence-corrected chi connectivity index (χ4v) is 4.34. The molecule has 0 radical (unpaired) electrons. The third-order valence-corrected chi connectivity index (χ3v) is 6.17. The second kappa shape index (κ2) is 9.68. The summed E-state index contributed by atoms with van der Waals surface area (Å²) in [6, 6.07) is 8.99. The molecular weight excluding hydrogens is 434 g/mol. The Kier molecular flexibility index (Phi) is 6.69. The number of piperidine rings is 1. The number of benzene rings is 1. The number of nitrogens with two attached hydrogens (primary N) is 1. The largest absolute Gasteiger partial charge is 0.411 e. The maximum Gasteiger partial charge on any atom is 0.332 e. The van der Waals surface area contributed by atoms with Gasteiger partial charge in [0.1, 0.15) is 5.71 Å². The monoisotopic (exact) mass is 465 g/mol. The minimum Gasteiger partial charge on any atom is -0.411 e. The van der Waals surface area contributed by atoms with Crippen LogP contribution in [0, 0.1) is 0 Å². The molecule has 1 saturated heterocycles. The van der Waals surface area contributed by atoms with Gasteiger partial charge in [-0.2, -0.15) is 4.98 Å². The zero-order valence-electron chi connectivity index (χ0n) is 19.8. The van der Waals surface area contributed by atoms with E-state index in [2.05, 4.69) is 10.1 Å². The minimum absolute atomic E-state index is 0.0279. The van der Waals surface area contributed by atoms with E-state index in [9.17, 15) is 14.8 Å². The van der Waals surface area contributed by atoms with E-state index in [-0.39, 0.29) is 18.3 Å². The topological polar surface area (TPSA) is 124 Å². The number of aromatic nitrogens is 4. The highest BCUT2D eigenvalue weighted by Crippen LogP contribution is 2.23. The first-order valence-electron chi connectivity index (χ1n) is 11.4. The lowest BCUT2D eigenvalue weighted by molar-refractivity contribution is 0.317. The van der Waals surface area contributed by atoms with Gasteiger partial charge < -0.3 is 20.4 Å². The van der Waals surface area contributed by atoms with Crippen LogP contribution in [0.3, 0.4) is 0 Å². The smallest absolute Gasteiger partial charge is 0.332 e. The number of hydrogen-bond donors (Lipinski definition) is 2. The Morgan fingerprint density at radius 1 is 1.24 bits per heavy atom. The molecule has 0 bridgehead atoms. The lowest BCUT2D eigenvalue weighted by atomic mass is 10.1. The van der Waals surface area contributed by atoms with Gasteiger partial charge in [0.25, 0.3) is 5.56 Å². The predicted molar refractivity (Wildman–Crippen MR) is 133 cm³/mol. The molecule has 0 spiro atoms. The summed E-state index contributed by atoms with van der Waals surface area (Å²) in [4.78, 5) is 33.7. The standard InChI is InChI=1S/C24H31N7O3/c1-16(2)11-13-30-20-21(26-23(30)29-12-7-10-18(25)14-29)28(3)24(33)31(22(20)32)15-19(27-34)17-8-5-4-6-9-17/h4-6,8-9,11,18,34H,7,10,12-15,25H2,1-3H3/b27-19+. The second-order valence-corrected chi connectivity index (χ2v) is 8.97.